The minimum absolute atomic E-state index is 0. The van der Waals surface area contributed by atoms with Gasteiger partial charge in [0.05, 0.1) is 16.3 Å². The van der Waals surface area contributed by atoms with Crippen LogP contribution in [0.3, 0.4) is 0 Å². The topological polar surface area (TPSA) is 91.3 Å². The van der Waals surface area contributed by atoms with Crippen molar-refractivity contribution in [1.82, 2.24) is 25.9 Å². The molecule has 9 heteroatoms. The molecule has 0 aliphatic carbocycles. The summed E-state index contributed by atoms with van der Waals surface area (Å²) in [7, 11) is 1.72. The van der Waals surface area contributed by atoms with Crippen molar-refractivity contribution in [3.8, 4) is 0 Å². The van der Waals surface area contributed by atoms with Gasteiger partial charge in [-0.05, 0) is 19.1 Å². The third-order valence-corrected chi connectivity index (χ3v) is 4.01. The zero-order valence-electron chi connectivity index (χ0n) is 14.3. The maximum atomic E-state index is 11.9. The van der Waals surface area contributed by atoms with E-state index in [1.54, 1.807) is 42.9 Å². The van der Waals surface area contributed by atoms with Crippen molar-refractivity contribution in [2.45, 2.75) is 13.3 Å². The van der Waals surface area contributed by atoms with Gasteiger partial charge in [0, 0.05) is 50.9 Å². The molecule has 2 heterocycles. The average molecular weight is 474 g/mol. The number of thiazole rings is 1. The second kappa shape index (κ2) is 11.7. The van der Waals surface area contributed by atoms with E-state index in [2.05, 4.69) is 36.3 Å². The quantitative estimate of drug-likeness (QED) is 0.246. The number of hydrogen-bond acceptors (Lipinski definition) is 5. The summed E-state index contributed by atoms with van der Waals surface area (Å²) in [5.41, 5.74) is 1.64. The van der Waals surface area contributed by atoms with Gasteiger partial charge in [0.25, 0.3) is 5.91 Å². The fraction of sp³-hybridized carbons (Fsp3) is 0.375. The Morgan fingerprint density at radius 2 is 2.00 bits per heavy atom. The van der Waals surface area contributed by atoms with Crippen LogP contribution in [0.5, 0.6) is 0 Å². The first-order valence-corrected chi connectivity index (χ1v) is 8.60. The lowest BCUT2D eigenvalue weighted by Gasteiger charge is -2.12. The van der Waals surface area contributed by atoms with Gasteiger partial charge in [-0.25, -0.2) is 4.98 Å². The molecule has 0 aromatic carbocycles. The molecule has 0 fully saturated rings. The Bertz CT molecular complexity index is 676. The number of nitrogens with zero attached hydrogens (tertiary/aromatic N) is 3. The van der Waals surface area contributed by atoms with Gasteiger partial charge in [0.1, 0.15) is 0 Å². The van der Waals surface area contributed by atoms with Crippen LogP contribution in [-0.4, -0.2) is 48.5 Å². The molecule has 1 amide bonds. The fourth-order valence-corrected chi connectivity index (χ4v) is 2.66. The van der Waals surface area contributed by atoms with Crippen LogP contribution in [0, 0.1) is 6.92 Å². The molecule has 25 heavy (non-hydrogen) atoms. The van der Waals surface area contributed by atoms with E-state index in [-0.39, 0.29) is 29.9 Å². The molecule has 2 rings (SSSR count). The first-order valence-electron chi connectivity index (χ1n) is 7.73. The summed E-state index contributed by atoms with van der Waals surface area (Å²) in [6, 6.07) is 3.47. The normalized spacial score (nSPS) is 10.7. The van der Waals surface area contributed by atoms with Crippen molar-refractivity contribution >= 4 is 47.2 Å². The number of amides is 1. The number of pyridine rings is 1. The minimum atomic E-state index is -0.133. The summed E-state index contributed by atoms with van der Waals surface area (Å²) in [5.74, 6) is 0.573. The molecule has 0 atom stereocenters. The largest absolute Gasteiger partial charge is 0.356 e. The van der Waals surface area contributed by atoms with Crippen molar-refractivity contribution < 1.29 is 4.79 Å². The molecule has 0 aliphatic rings. The smallest absolute Gasteiger partial charge is 0.252 e. The van der Waals surface area contributed by atoms with Gasteiger partial charge in [-0.3, -0.25) is 14.8 Å². The Morgan fingerprint density at radius 1 is 1.24 bits per heavy atom. The summed E-state index contributed by atoms with van der Waals surface area (Å²) >= 11 is 1.66. The molecule has 0 bridgehead atoms. The molecular weight excluding hydrogens is 451 g/mol. The highest BCUT2D eigenvalue weighted by molar-refractivity contribution is 14.0. The third-order valence-electron chi connectivity index (χ3n) is 3.19. The molecule has 0 spiro atoms. The van der Waals surface area contributed by atoms with E-state index in [0.717, 1.165) is 23.7 Å². The van der Waals surface area contributed by atoms with Crippen molar-refractivity contribution in [2.24, 2.45) is 4.99 Å². The molecule has 0 radical (unpaired) electrons. The van der Waals surface area contributed by atoms with Gasteiger partial charge in [-0.2, -0.15) is 0 Å². The van der Waals surface area contributed by atoms with Crippen LogP contribution >= 0.6 is 35.3 Å². The van der Waals surface area contributed by atoms with Crippen LogP contribution in [0.15, 0.2) is 34.9 Å². The van der Waals surface area contributed by atoms with Gasteiger partial charge in [-0.15, -0.1) is 35.3 Å². The highest BCUT2D eigenvalue weighted by Crippen LogP contribution is 2.07. The van der Waals surface area contributed by atoms with Crippen LogP contribution in [0.25, 0.3) is 0 Å². The van der Waals surface area contributed by atoms with E-state index in [4.69, 9.17) is 0 Å². The molecule has 136 valence electrons. The molecule has 0 saturated heterocycles. The maximum Gasteiger partial charge on any atom is 0.252 e. The Labute approximate surface area is 168 Å². The lowest BCUT2D eigenvalue weighted by atomic mass is 10.3. The lowest BCUT2D eigenvalue weighted by Crippen LogP contribution is -2.42. The van der Waals surface area contributed by atoms with Crippen molar-refractivity contribution in [2.75, 3.05) is 26.7 Å². The Balaban J connectivity index is 0.00000312. The number of halogens is 1. The van der Waals surface area contributed by atoms with Crippen LogP contribution in [0.4, 0.5) is 0 Å². The zero-order valence-corrected chi connectivity index (χ0v) is 17.4. The van der Waals surface area contributed by atoms with Crippen LogP contribution in [-0.2, 0) is 6.42 Å². The van der Waals surface area contributed by atoms with Crippen molar-refractivity contribution in [1.29, 1.82) is 0 Å². The summed E-state index contributed by atoms with van der Waals surface area (Å²) in [6.45, 7) is 3.84. The second-order valence-corrected chi connectivity index (χ2v) is 6.09. The highest BCUT2D eigenvalue weighted by Gasteiger charge is 2.04. The van der Waals surface area contributed by atoms with Crippen LogP contribution in [0.1, 0.15) is 21.1 Å². The number of rotatable bonds is 7. The minimum Gasteiger partial charge on any atom is -0.356 e. The number of carbonyl (C=O) groups excluding carboxylic acids is 1. The number of aryl methyl sites for hydroxylation is 1. The van der Waals surface area contributed by atoms with E-state index >= 15 is 0 Å². The predicted octanol–water partition coefficient (Wildman–Crippen LogP) is 1.60. The number of hydrogen-bond donors (Lipinski definition) is 3. The van der Waals surface area contributed by atoms with Gasteiger partial charge < -0.3 is 16.0 Å². The number of carbonyl (C=O) groups is 1. The van der Waals surface area contributed by atoms with E-state index in [1.807, 2.05) is 6.92 Å². The van der Waals surface area contributed by atoms with Crippen molar-refractivity contribution in [3.63, 3.8) is 0 Å². The predicted molar refractivity (Wildman–Crippen MR) is 112 cm³/mol. The highest BCUT2D eigenvalue weighted by atomic mass is 127. The molecule has 3 N–H and O–H groups in total. The third kappa shape index (κ3) is 7.78. The van der Waals surface area contributed by atoms with Gasteiger partial charge in [0.2, 0.25) is 0 Å². The number of aliphatic imine (C=N–C) groups is 1. The fourth-order valence-electron chi connectivity index (χ4n) is 2.01. The number of aromatic nitrogens is 2. The molecule has 0 unspecified atom stereocenters. The first kappa shape index (κ1) is 21.3. The van der Waals surface area contributed by atoms with E-state index < -0.39 is 0 Å². The maximum absolute atomic E-state index is 11.9. The van der Waals surface area contributed by atoms with E-state index in [1.165, 1.54) is 0 Å². The molecule has 0 aliphatic heterocycles. The standard InChI is InChI=1S/C16H22N6OS.HI/c1-12-22-14(11-24-12)5-7-20-16(17-2)21-9-8-19-15(23)13-4-3-6-18-10-13;/h3-4,6,10-11H,5,7-9H2,1-2H3,(H,19,23)(H2,17,20,21);1H. The summed E-state index contributed by atoms with van der Waals surface area (Å²) in [5, 5.41) is 12.4. The monoisotopic (exact) mass is 474 g/mol. The molecule has 0 saturated carbocycles. The number of nitrogens with one attached hydrogen (secondary N) is 3. The van der Waals surface area contributed by atoms with Crippen molar-refractivity contribution in [3.05, 3.63) is 46.2 Å². The summed E-state index contributed by atoms with van der Waals surface area (Å²) in [4.78, 5) is 24.4. The summed E-state index contributed by atoms with van der Waals surface area (Å²) in [6.07, 6.45) is 4.03. The zero-order chi connectivity index (χ0) is 17.2. The molecular formula is C16H23IN6OS. The van der Waals surface area contributed by atoms with Gasteiger partial charge in [0.15, 0.2) is 5.96 Å². The Kier molecular flexibility index (Phi) is 10.0. The average Bonchev–Trinajstić information content (AvgIpc) is 3.02. The second-order valence-electron chi connectivity index (χ2n) is 5.03. The van der Waals surface area contributed by atoms with E-state index in [0.29, 0.717) is 24.6 Å². The molecule has 2 aromatic heterocycles. The summed E-state index contributed by atoms with van der Waals surface area (Å²) < 4.78 is 0. The molecule has 2 aromatic rings. The lowest BCUT2D eigenvalue weighted by molar-refractivity contribution is 0.0954. The van der Waals surface area contributed by atoms with Crippen LogP contribution < -0.4 is 16.0 Å². The van der Waals surface area contributed by atoms with Gasteiger partial charge >= 0.3 is 0 Å². The Hall–Kier alpha value is -1.75. The van der Waals surface area contributed by atoms with Crippen LogP contribution in [0.2, 0.25) is 0 Å². The Morgan fingerprint density at radius 3 is 2.64 bits per heavy atom. The first-order chi connectivity index (χ1) is 11.7. The van der Waals surface area contributed by atoms with E-state index in [9.17, 15) is 4.79 Å². The molecule has 7 nitrogen and oxygen atoms in total. The number of guanidine groups is 1. The SMILES string of the molecule is CN=C(NCCNC(=O)c1cccnc1)NCCc1csc(C)n1.I. The van der Waals surface area contributed by atoms with Gasteiger partial charge in [-0.1, -0.05) is 0 Å².